The number of amides is 2. The van der Waals surface area contributed by atoms with Crippen molar-refractivity contribution in [1.82, 2.24) is 14.8 Å². The molecule has 0 saturated carbocycles. The molecule has 4 aliphatic heterocycles. The fourth-order valence-corrected chi connectivity index (χ4v) is 6.56. The van der Waals surface area contributed by atoms with Gasteiger partial charge in [0.25, 0.3) is 5.91 Å². The maximum absolute atomic E-state index is 13.0. The Morgan fingerprint density at radius 2 is 1.94 bits per heavy atom. The van der Waals surface area contributed by atoms with Gasteiger partial charge >= 0.3 is 0 Å². The maximum Gasteiger partial charge on any atom is 0.270 e. The molecule has 2 fully saturated rings. The number of benzene rings is 1. The van der Waals surface area contributed by atoms with Crippen LogP contribution in [0.2, 0.25) is 0 Å². The van der Waals surface area contributed by atoms with E-state index in [-0.39, 0.29) is 29.7 Å². The second kappa shape index (κ2) is 8.47. The highest BCUT2D eigenvalue weighted by Crippen LogP contribution is 2.27. The fourth-order valence-electron chi connectivity index (χ4n) is 4.87. The second-order valence-electron chi connectivity index (χ2n) is 8.95. The van der Waals surface area contributed by atoms with E-state index in [9.17, 15) is 18.0 Å². The molecule has 0 bridgehead atoms. The molecule has 4 aliphatic rings. The highest BCUT2D eigenvalue weighted by molar-refractivity contribution is 7.91. The van der Waals surface area contributed by atoms with Crippen LogP contribution in [0.5, 0.6) is 5.75 Å². The molecular formula is C22H28N4O5S. The molecule has 0 aromatic heterocycles. The summed E-state index contributed by atoms with van der Waals surface area (Å²) in [5.41, 5.74) is 2.88. The molecule has 172 valence electrons. The largest absolute Gasteiger partial charge is 0.493 e. The van der Waals surface area contributed by atoms with Gasteiger partial charge in [0.15, 0.2) is 9.84 Å². The number of carbonyl (C=O) groups excluding carboxylic acids is 2. The minimum absolute atomic E-state index is 0.0689. The first-order valence-corrected chi connectivity index (χ1v) is 13.1. The Kier molecular flexibility index (Phi) is 5.66. The molecule has 0 aliphatic carbocycles. The van der Waals surface area contributed by atoms with Crippen molar-refractivity contribution in [2.45, 2.75) is 38.3 Å². The Balaban J connectivity index is 1.18. The van der Waals surface area contributed by atoms with E-state index >= 15 is 0 Å². The Labute approximate surface area is 187 Å². The summed E-state index contributed by atoms with van der Waals surface area (Å²) in [5.74, 6) is 0.641. The van der Waals surface area contributed by atoms with Crippen LogP contribution in [0.4, 0.5) is 0 Å². The lowest BCUT2D eigenvalue weighted by Crippen LogP contribution is -2.51. The number of sulfone groups is 1. The van der Waals surface area contributed by atoms with Gasteiger partial charge in [-0.1, -0.05) is 12.1 Å². The van der Waals surface area contributed by atoms with Gasteiger partial charge in [0, 0.05) is 52.0 Å². The van der Waals surface area contributed by atoms with Gasteiger partial charge in [-0.25, -0.2) is 13.4 Å². The minimum atomic E-state index is -3.13. The number of hydrazone groups is 1. The first-order chi connectivity index (χ1) is 15.4. The Morgan fingerprint density at radius 1 is 1.12 bits per heavy atom. The van der Waals surface area contributed by atoms with Gasteiger partial charge in [-0.3, -0.25) is 14.5 Å². The van der Waals surface area contributed by atoms with Crippen LogP contribution in [0.3, 0.4) is 0 Å². The average Bonchev–Trinajstić information content (AvgIpc) is 3.39. The zero-order chi connectivity index (χ0) is 22.3. The quantitative estimate of drug-likeness (QED) is 0.646. The molecule has 4 heterocycles. The Morgan fingerprint density at radius 3 is 2.69 bits per heavy atom. The third-order valence-corrected chi connectivity index (χ3v) is 8.43. The van der Waals surface area contributed by atoms with E-state index in [1.807, 2.05) is 6.07 Å². The standard InChI is InChI=1S/C22H28N4O5S/c27-21-4-2-19(23-26(21)18-6-12-32(29,30)15-18)22(28)25-9-7-24(8-10-25)14-16-1-3-20-17(13-16)5-11-31-20/h1,3,13,18H,2,4-12,14-15H2. The van der Waals surface area contributed by atoms with E-state index in [0.717, 1.165) is 38.4 Å². The first-order valence-electron chi connectivity index (χ1n) is 11.2. The normalized spacial score (nSPS) is 25.4. The lowest BCUT2D eigenvalue weighted by atomic mass is 10.1. The van der Waals surface area contributed by atoms with E-state index < -0.39 is 15.9 Å². The van der Waals surface area contributed by atoms with Crippen LogP contribution in [-0.4, -0.2) is 91.1 Å². The van der Waals surface area contributed by atoms with Crippen molar-refractivity contribution >= 4 is 27.4 Å². The van der Waals surface area contributed by atoms with E-state index in [1.54, 1.807) is 4.90 Å². The topological polar surface area (TPSA) is 99.6 Å². The van der Waals surface area contributed by atoms with Crippen LogP contribution in [0, 0.1) is 0 Å². The zero-order valence-corrected chi connectivity index (χ0v) is 18.8. The van der Waals surface area contributed by atoms with E-state index in [1.165, 1.54) is 16.1 Å². The van der Waals surface area contributed by atoms with E-state index in [2.05, 4.69) is 22.1 Å². The molecule has 0 spiro atoms. The molecule has 1 aromatic rings. The van der Waals surface area contributed by atoms with E-state index in [4.69, 9.17) is 4.74 Å². The van der Waals surface area contributed by atoms with Gasteiger partial charge in [0.05, 0.1) is 24.2 Å². The molecule has 1 aromatic carbocycles. The van der Waals surface area contributed by atoms with Crippen LogP contribution in [-0.2, 0) is 32.4 Å². The SMILES string of the molecule is O=C(C1=NN(C2CCS(=O)(=O)C2)C(=O)CC1)N1CCN(Cc2ccc3c(c2)CCO3)CC1. The van der Waals surface area contributed by atoms with Crippen molar-refractivity contribution in [2.75, 3.05) is 44.3 Å². The van der Waals surface area contributed by atoms with E-state index in [0.29, 0.717) is 31.6 Å². The zero-order valence-electron chi connectivity index (χ0n) is 18.0. The number of hydrogen-bond donors (Lipinski definition) is 0. The summed E-state index contributed by atoms with van der Waals surface area (Å²) in [4.78, 5) is 29.5. The van der Waals surface area contributed by atoms with Gasteiger partial charge in [-0.05, 0) is 23.6 Å². The number of rotatable bonds is 4. The third kappa shape index (κ3) is 4.38. The molecule has 1 unspecified atom stereocenters. The number of hydrogen-bond acceptors (Lipinski definition) is 7. The van der Waals surface area contributed by atoms with Crippen LogP contribution in [0.1, 0.15) is 30.4 Å². The van der Waals surface area contributed by atoms with Crippen LogP contribution < -0.4 is 4.74 Å². The second-order valence-corrected chi connectivity index (χ2v) is 11.2. The predicted molar refractivity (Wildman–Crippen MR) is 118 cm³/mol. The smallest absolute Gasteiger partial charge is 0.270 e. The van der Waals surface area contributed by atoms with Crippen molar-refractivity contribution < 1.29 is 22.7 Å². The molecule has 5 rings (SSSR count). The van der Waals surface area contributed by atoms with Crippen LogP contribution >= 0.6 is 0 Å². The summed E-state index contributed by atoms with van der Waals surface area (Å²) in [6, 6.07) is 5.91. The highest BCUT2D eigenvalue weighted by atomic mass is 32.2. The average molecular weight is 461 g/mol. The number of piperazine rings is 1. The van der Waals surface area contributed by atoms with Gasteiger partial charge in [-0.2, -0.15) is 5.10 Å². The van der Waals surface area contributed by atoms with Crippen LogP contribution in [0.25, 0.3) is 0 Å². The minimum Gasteiger partial charge on any atom is -0.493 e. The van der Waals surface area contributed by atoms with Crippen molar-refractivity contribution in [3.8, 4) is 5.75 Å². The lowest BCUT2D eigenvalue weighted by Gasteiger charge is -2.36. The van der Waals surface area contributed by atoms with Gasteiger partial charge < -0.3 is 9.64 Å². The third-order valence-electron chi connectivity index (χ3n) is 6.68. The summed E-state index contributed by atoms with van der Waals surface area (Å²) in [7, 11) is -3.13. The molecule has 9 nitrogen and oxygen atoms in total. The summed E-state index contributed by atoms with van der Waals surface area (Å²) >= 11 is 0. The molecule has 0 N–H and O–H groups in total. The summed E-state index contributed by atoms with van der Waals surface area (Å²) in [6.45, 7) is 4.36. The Bertz CT molecular complexity index is 1060. The van der Waals surface area contributed by atoms with Crippen molar-refractivity contribution in [3.05, 3.63) is 29.3 Å². The Hall–Kier alpha value is -2.46. The summed E-state index contributed by atoms with van der Waals surface area (Å²) in [6.07, 6.45) is 1.85. The van der Waals surface area contributed by atoms with Gasteiger partial charge in [0.2, 0.25) is 5.91 Å². The van der Waals surface area contributed by atoms with Crippen molar-refractivity contribution in [1.29, 1.82) is 0 Å². The molecule has 32 heavy (non-hydrogen) atoms. The summed E-state index contributed by atoms with van der Waals surface area (Å²) in [5, 5.41) is 5.58. The highest BCUT2D eigenvalue weighted by Gasteiger charge is 2.38. The van der Waals surface area contributed by atoms with Gasteiger partial charge in [0.1, 0.15) is 11.5 Å². The number of carbonyl (C=O) groups is 2. The summed E-state index contributed by atoms with van der Waals surface area (Å²) < 4.78 is 29.2. The predicted octanol–water partition coefficient (Wildman–Crippen LogP) is 0.431. The molecule has 1 atom stereocenters. The molecular weight excluding hydrogens is 432 g/mol. The molecule has 2 saturated heterocycles. The van der Waals surface area contributed by atoms with Gasteiger partial charge in [-0.15, -0.1) is 0 Å². The molecule has 10 heteroatoms. The first kappa shape index (κ1) is 21.4. The van der Waals surface area contributed by atoms with Crippen molar-refractivity contribution in [2.24, 2.45) is 5.10 Å². The molecule has 0 radical (unpaired) electrons. The number of fused-ring (bicyclic) bond motifs is 1. The number of nitrogens with zero attached hydrogens (tertiary/aromatic N) is 4. The lowest BCUT2D eigenvalue weighted by molar-refractivity contribution is -0.134. The monoisotopic (exact) mass is 460 g/mol. The van der Waals surface area contributed by atoms with Crippen LogP contribution in [0.15, 0.2) is 23.3 Å². The van der Waals surface area contributed by atoms with Crippen molar-refractivity contribution in [3.63, 3.8) is 0 Å². The molecule has 2 amide bonds. The fraction of sp³-hybridized carbons (Fsp3) is 0.591. The maximum atomic E-state index is 13.0. The number of ether oxygens (including phenoxy) is 1.